The maximum Gasteiger partial charge on any atom is 0.204 e. The molecule has 2 aromatic heterocycles. The van der Waals surface area contributed by atoms with E-state index in [2.05, 4.69) is 15.0 Å². The monoisotopic (exact) mass is 259 g/mol. The van der Waals surface area contributed by atoms with E-state index < -0.39 is 0 Å². The Balaban J connectivity index is 2.30. The van der Waals surface area contributed by atoms with Gasteiger partial charge in [0.05, 0.1) is 19.3 Å². The predicted molar refractivity (Wildman–Crippen MR) is 74.0 cm³/mol. The van der Waals surface area contributed by atoms with Crippen LogP contribution in [0.25, 0.3) is 0 Å². The number of pyridine rings is 1. The van der Waals surface area contributed by atoms with E-state index >= 15 is 0 Å². The minimum atomic E-state index is 0.340. The number of hydrogen-bond acceptors (Lipinski definition) is 6. The van der Waals surface area contributed by atoms with Gasteiger partial charge >= 0.3 is 0 Å². The van der Waals surface area contributed by atoms with E-state index in [1.54, 1.807) is 13.3 Å². The molecule has 0 amide bonds. The van der Waals surface area contributed by atoms with Gasteiger partial charge in [0.1, 0.15) is 6.33 Å². The largest absolute Gasteiger partial charge is 0.490 e. The van der Waals surface area contributed by atoms with E-state index in [0.717, 1.165) is 12.2 Å². The first-order chi connectivity index (χ1) is 9.26. The van der Waals surface area contributed by atoms with Gasteiger partial charge in [-0.1, -0.05) is 6.07 Å². The van der Waals surface area contributed by atoms with Crippen LogP contribution in [0.15, 0.2) is 30.7 Å². The molecule has 0 aliphatic carbocycles. The highest BCUT2D eigenvalue weighted by Gasteiger charge is 2.16. The summed E-state index contributed by atoms with van der Waals surface area (Å²) in [6.07, 6.45) is 3.21. The van der Waals surface area contributed by atoms with Gasteiger partial charge in [-0.05, 0) is 19.1 Å². The smallest absolute Gasteiger partial charge is 0.204 e. The summed E-state index contributed by atoms with van der Waals surface area (Å²) in [5, 5.41) is 0. The molecule has 2 aromatic rings. The van der Waals surface area contributed by atoms with Crippen LogP contribution in [0, 0.1) is 0 Å². The molecule has 6 nitrogen and oxygen atoms in total. The van der Waals surface area contributed by atoms with Crippen LogP contribution in [0.5, 0.6) is 5.75 Å². The molecule has 0 fully saturated rings. The van der Waals surface area contributed by atoms with Gasteiger partial charge in [-0.3, -0.25) is 4.98 Å². The van der Waals surface area contributed by atoms with Crippen LogP contribution in [0.3, 0.4) is 0 Å². The Kier molecular flexibility index (Phi) is 4.12. The van der Waals surface area contributed by atoms with Crippen molar-refractivity contribution in [3.63, 3.8) is 0 Å². The number of methoxy groups -OCH3 is 1. The Hall–Kier alpha value is -2.37. The van der Waals surface area contributed by atoms with Gasteiger partial charge < -0.3 is 15.4 Å². The fourth-order valence-corrected chi connectivity index (χ4v) is 1.82. The number of hydrogen-bond donors (Lipinski definition) is 1. The SMILES string of the molecule is CCN(Cc1ccccn1)c1ncnc(N)c1OC. The second-order valence-corrected chi connectivity index (χ2v) is 3.95. The molecule has 2 rings (SSSR count). The van der Waals surface area contributed by atoms with Crippen molar-refractivity contribution in [3.05, 3.63) is 36.4 Å². The average molecular weight is 259 g/mol. The molecule has 0 aromatic carbocycles. The highest BCUT2D eigenvalue weighted by atomic mass is 16.5. The second-order valence-electron chi connectivity index (χ2n) is 3.95. The highest BCUT2D eigenvalue weighted by Crippen LogP contribution is 2.30. The number of nitrogen functional groups attached to an aromatic ring is 1. The van der Waals surface area contributed by atoms with Crippen molar-refractivity contribution in [1.82, 2.24) is 15.0 Å². The quantitative estimate of drug-likeness (QED) is 0.876. The molecule has 0 aliphatic heterocycles. The van der Waals surface area contributed by atoms with E-state index in [1.165, 1.54) is 6.33 Å². The van der Waals surface area contributed by atoms with Crippen LogP contribution in [0.4, 0.5) is 11.6 Å². The topological polar surface area (TPSA) is 77.2 Å². The van der Waals surface area contributed by atoms with Gasteiger partial charge in [-0.15, -0.1) is 0 Å². The highest BCUT2D eigenvalue weighted by molar-refractivity contribution is 5.62. The standard InChI is InChI=1S/C13H17N5O/c1-3-18(8-10-6-4-5-7-15-10)13-11(19-2)12(14)16-9-17-13/h4-7,9H,3,8H2,1-2H3,(H2,14,16,17). The van der Waals surface area contributed by atoms with Crippen molar-refractivity contribution in [2.75, 3.05) is 24.3 Å². The van der Waals surface area contributed by atoms with Crippen molar-refractivity contribution < 1.29 is 4.74 Å². The Morgan fingerprint density at radius 2 is 2.11 bits per heavy atom. The molecule has 100 valence electrons. The fraction of sp³-hybridized carbons (Fsp3) is 0.308. The Labute approximate surface area is 112 Å². The molecule has 6 heteroatoms. The van der Waals surface area contributed by atoms with Crippen molar-refractivity contribution in [1.29, 1.82) is 0 Å². The third-order valence-electron chi connectivity index (χ3n) is 2.78. The normalized spacial score (nSPS) is 10.2. The summed E-state index contributed by atoms with van der Waals surface area (Å²) in [6, 6.07) is 5.82. The summed E-state index contributed by atoms with van der Waals surface area (Å²) in [4.78, 5) is 14.5. The van der Waals surface area contributed by atoms with E-state index in [4.69, 9.17) is 10.5 Å². The van der Waals surface area contributed by atoms with Crippen molar-refractivity contribution in [2.24, 2.45) is 0 Å². The van der Waals surface area contributed by atoms with Crippen LogP contribution in [0.2, 0.25) is 0 Å². The fourth-order valence-electron chi connectivity index (χ4n) is 1.82. The van der Waals surface area contributed by atoms with Crippen LogP contribution in [0.1, 0.15) is 12.6 Å². The number of aromatic nitrogens is 3. The van der Waals surface area contributed by atoms with Crippen molar-refractivity contribution >= 4 is 11.6 Å². The molecule has 0 unspecified atom stereocenters. The van der Waals surface area contributed by atoms with Gasteiger partial charge in [0.25, 0.3) is 0 Å². The molecule has 0 aliphatic rings. The van der Waals surface area contributed by atoms with Gasteiger partial charge in [0, 0.05) is 12.7 Å². The molecule has 0 saturated carbocycles. The van der Waals surface area contributed by atoms with Gasteiger partial charge in [-0.25, -0.2) is 9.97 Å². The first kappa shape index (κ1) is 13.1. The summed E-state index contributed by atoms with van der Waals surface area (Å²) in [7, 11) is 1.56. The van der Waals surface area contributed by atoms with E-state index in [0.29, 0.717) is 23.9 Å². The van der Waals surface area contributed by atoms with E-state index in [1.807, 2.05) is 30.0 Å². The third kappa shape index (κ3) is 2.90. The molecule has 0 radical (unpaired) electrons. The Bertz CT molecular complexity index is 532. The van der Waals surface area contributed by atoms with E-state index in [9.17, 15) is 0 Å². The number of nitrogens with two attached hydrogens (primary N) is 1. The average Bonchev–Trinajstić information content (AvgIpc) is 2.45. The molecular formula is C13H17N5O. The lowest BCUT2D eigenvalue weighted by Crippen LogP contribution is -2.24. The first-order valence-corrected chi connectivity index (χ1v) is 6.05. The first-order valence-electron chi connectivity index (χ1n) is 6.05. The minimum Gasteiger partial charge on any atom is -0.490 e. The zero-order valence-electron chi connectivity index (χ0n) is 11.1. The molecule has 0 saturated heterocycles. The van der Waals surface area contributed by atoms with Crippen LogP contribution in [-0.2, 0) is 6.54 Å². The maximum absolute atomic E-state index is 5.80. The summed E-state index contributed by atoms with van der Waals surface area (Å²) < 4.78 is 5.28. The molecule has 0 spiro atoms. The summed E-state index contributed by atoms with van der Waals surface area (Å²) in [6.45, 7) is 3.45. The molecular weight excluding hydrogens is 242 g/mol. The van der Waals surface area contributed by atoms with E-state index in [-0.39, 0.29) is 0 Å². The molecule has 0 atom stereocenters. The van der Waals surface area contributed by atoms with Crippen LogP contribution in [-0.4, -0.2) is 28.6 Å². The number of nitrogens with zero attached hydrogens (tertiary/aromatic N) is 4. The number of anilines is 2. The van der Waals surface area contributed by atoms with Crippen molar-refractivity contribution in [3.8, 4) is 5.75 Å². The lowest BCUT2D eigenvalue weighted by Gasteiger charge is -2.23. The Morgan fingerprint density at radius 3 is 2.74 bits per heavy atom. The van der Waals surface area contributed by atoms with Crippen LogP contribution < -0.4 is 15.4 Å². The third-order valence-corrected chi connectivity index (χ3v) is 2.78. The lowest BCUT2D eigenvalue weighted by molar-refractivity contribution is 0.412. The predicted octanol–water partition coefficient (Wildman–Crippen LogP) is 1.49. The maximum atomic E-state index is 5.80. The van der Waals surface area contributed by atoms with Crippen LogP contribution >= 0.6 is 0 Å². The zero-order valence-corrected chi connectivity index (χ0v) is 11.1. The summed E-state index contributed by atoms with van der Waals surface area (Å²) in [5.74, 6) is 1.52. The van der Waals surface area contributed by atoms with Gasteiger partial charge in [-0.2, -0.15) is 0 Å². The zero-order chi connectivity index (χ0) is 13.7. The second kappa shape index (κ2) is 5.99. The molecule has 2 heterocycles. The number of ether oxygens (including phenoxy) is 1. The summed E-state index contributed by atoms with van der Waals surface area (Å²) in [5.41, 5.74) is 6.76. The number of rotatable bonds is 5. The molecule has 19 heavy (non-hydrogen) atoms. The molecule has 0 bridgehead atoms. The Morgan fingerprint density at radius 1 is 1.26 bits per heavy atom. The van der Waals surface area contributed by atoms with Gasteiger partial charge in [0.2, 0.25) is 5.75 Å². The minimum absolute atomic E-state index is 0.340. The lowest BCUT2D eigenvalue weighted by atomic mass is 10.3. The van der Waals surface area contributed by atoms with Crippen molar-refractivity contribution in [2.45, 2.75) is 13.5 Å². The summed E-state index contributed by atoms with van der Waals surface area (Å²) >= 11 is 0. The van der Waals surface area contributed by atoms with Gasteiger partial charge in [0.15, 0.2) is 11.6 Å². The molecule has 2 N–H and O–H groups in total.